The van der Waals surface area contributed by atoms with E-state index in [1.165, 1.54) is 48.5 Å². The van der Waals surface area contributed by atoms with E-state index < -0.39 is 46.5 Å². The van der Waals surface area contributed by atoms with Crippen LogP contribution < -0.4 is 9.97 Å². The summed E-state index contributed by atoms with van der Waals surface area (Å²) in [4.78, 5) is 42.1. The molecule has 0 saturated carbocycles. The van der Waals surface area contributed by atoms with Crippen LogP contribution in [0, 0.1) is 46.5 Å². The van der Waals surface area contributed by atoms with Crippen molar-refractivity contribution >= 4 is 87.2 Å². The molecule has 15 aromatic rings. The molecular formula is C72H32F8N8OV. The first kappa shape index (κ1) is 54.3. The second kappa shape index (κ2) is 20.8. The van der Waals surface area contributed by atoms with E-state index in [0.29, 0.717) is 87.2 Å². The number of nitrogens with zero attached hydrogens (tertiary/aromatic N) is 8. The summed E-state index contributed by atoms with van der Waals surface area (Å²) in [5.41, 5.74) is 3.06. The van der Waals surface area contributed by atoms with Crippen molar-refractivity contribution in [3.8, 4) is 90.1 Å². The third kappa shape index (κ3) is 8.75. The van der Waals surface area contributed by atoms with Gasteiger partial charge in [0.05, 0.1) is 23.3 Å². The van der Waals surface area contributed by atoms with E-state index >= 15 is 35.1 Å². The van der Waals surface area contributed by atoms with Crippen LogP contribution in [0.2, 0.25) is 0 Å². The standard InChI is InChI=1S/C72H32F8N8.O.V/c73-41-17-37(18-42(74)29-41)57-49-13-5-1-9-33(49)25-53-61(57)69-81-65(53)85-70-62-54(26-34-10-2-6-14-50(34)58(62)38-19-43(75)30-44(76)20-38)67(82-70)87-72-64-56(28-36-12-4-8-16-52(36)60(64)40-23-47(79)32-48(80)24-40)68(84-72)88-71-63-55(66(83-71)86-69)27-35-11-3-7-15-51(35)59(63)39-21-45(77)31-46(78)22-39;;/h1-32H;;/q-2;;+2. The Morgan fingerprint density at radius 2 is 0.522 bits per heavy atom. The van der Waals surface area contributed by atoms with E-state index in [9.17, 15) is 0 Å². The van der Waals surface area contributed by atoms with Gasteiger partial charge in [-0.2, -0.15) is 0 Å². The molecule has 0 radical (unpaired) electrons. The molecule has 0 atom stereocenters. The zero-order chi connectivity index (χ0) is 61.4. The van der Waals surface area contributed by atoms with Gasteiger partial charge in [0.25, 0.3) is 0 Å². The van der Waals surface area contributed by atoms with Crippen LogP contribution in [0.3, 0.4) is 0 Å². The Bertz CT molecular complexity index is 5440. The molecule has 17 rings (SSSR count). The van der Waals surface area contributed by atoms with Crippen molar-refractivity contribution in [1.29, 1.82) is 0 Å². The summed E-state index contributed by atoms with van der Waals surface area (Å²) in [6.07, 6.45) is 0. The van der Waals surface area contributed by atoms with E-state index in [-0.39, 0.29) is 90.0 Å². The Morgan fingerprint density at radius 1 is 0.256 bits per heavy atom. The second-order valence-corrected chi connectivity index (χ2v) is 21.7. The van der Waals surface area contributed by atoms with Gasteiger partial charge in [0.1, 0.15) is 46.5 Å². The molecule has 0 N–H and O–H groups in total. The first-order valence-corrected chi connectivity index (χ1v) is 28.4. The molecule has 0 saturated heterocycles. The summed E-state index contributed by atoms with van der Waals surface area (Å²) < 4.78 is 134. The number of hydrogen-bond donors (Lipinski definition) is 0. The van der Waals surface area contributed by atoms with Crippen LogP contribution in [0.1, 0.15) is 0 Å². The van der Waals surface area contributed by atoms with Crippen LogP contribution in [0.15, 0.2) is 194 Å². The number of aromatic nitrogens is 8. The minimum absolute atomic E-state index is 0.00316. The molecular weight excluding hydrogens is 1200 g/mol. The van der Waals surface area contributed by atoms with E-state index in [0.717, 1.165) is 41.6 Å². The first-order valence-electron chi connectivity index (χ1n) is 27.8. The fourth-order valence-corrected chi connectivity index (χ4v) is 12.9. The number of benzene rings is 12. The van der Waals surface area contributed by atoms with Crippen LogP contribution >= 0.6 is 0 Å². The van der Waals surface area contributed by atoms with Gasteiger partial charge >= 0.3 is 21.0 Å². The van der Waals surface area contributed by atoms with E-state index in [1.807, 2.05) is 72.8 Å². The molecule has 2 aliphatic rings. The molecule has 2 aliphatic heterocycles. The van der Waals surface area contributed by atoms with E-state index in [1.54, 1.807) is 48.5 Å². The monoisotopic (exact) mass is 1230 g/mol. The van der Waals surface area contributed by atoms with Gasteiger partial charge in [0.2, 0.25) is 0 Å². The van der Waals surface area contributed by atoms with Crippen molar-refractivity contribution in [2.45, 2.75) is 0 Å². The molecule has 0 spiro atoms. The van der Waals surface area contributed by atoms with Gasteiger partial charge in [0, 0.05) is 79.9 Å². The minimum atomic E-state index is -0.857. The molecule has 9 nitrogen and oxygen atoms in total. The summed E-state index contributed by atoms with van der Waals surface area (Å²) in [6.45, 7) is 0. The molecule has 8 bridgehead atoms. The van der Waals surface area contributed by atoms with Crippen molar-refractivity contribution < 1.29 is 56.2 Å². The molecule has 18 heteroatoms. The van der Waals surface area contributed by atoms with Crippen molar-refractivity contribution in [3.63, 3.8) is 0 Å². The number of hydrogen-bond acceptors (Lipinski definition) is 7. The maximum absolute atomic E-state index is 15.7. The number of halogens is 8. The Hall–Kier alpha value is -11.1. The molecule has 90 heavy (non-hydrogen) atoms. The predicted octanol–water partition coefficient (Wildman–Crippen LogP) is 18.4. The SMILES string of the molecule is Fc1cc(F)cc(-c2c3c(cc4ccccc24)-c2nc-3nc3[n-]c(nc4nc(nc5[n-]c(n2)c2c(-c6cc(F)cc(F)c6)c6ccccc6cc52)-c2c-4cc4ccccc4c2-c2cc(F)cc(F)c2)c2c(-c4cc(F)cc(F)c4)c4ccccc4cc32)c1.[O]=[V+2]. The Kier molecular flexibility index (Phi) is 12.5. The van der Waals surface area contributed by atoms with Gasteiger partial charge in [-0.15, -0.1) is 0 Å². The quantitative estimate of drug-likeness (QED) is 0.159. The fourth-order valence-electron chi connectivity index (χ4n) is 12.9. The molecule has 0 unspecified atom stereocenters. The molecule has 427 valence electrons. The molecule has 0 fully saturated rings. The molecule has 0 aliphatic carbocycles. The second-order valence-electron chi connectivity index (χ2n) is 21.7. The summed E-state index contributed by atoms with van der Waals surface area (Å²) in [7, 11) is 0. The number of fused-ring (bicyclic) bond motifs is 24. The third-order valence-corrected chi connectivity index (χ3v) is 16.4. The van der Waals surface area contributed by atoms with Crippen molar-refractivity contribution in [2.24, 2.45) is 0 Å². The molecule has 12 aromatic carbocycles. The third-order valence-electron chi connectivity index (χ3n) is 16.4. The Balaban J connectivity index is 0.00000321. The summed E-state index contributed by atoms with van der Waals surface area (Å²) in [6, 6.07) is 48.9. The zero-order valence-electron chi connectivity index (χ0n) is 45.9. The van der Waals surface area contributed by atoms with Gasteiger partial charge in [-0.3, -0.25) is 0 Å². The van der Waals surface area contributed by atoms with Crippen LogP contribution in [0.4, 0.5) is 35.1 Å². The molecule has 0 amide bonds. The van der Waals surface area contributed by atoms with Crippen LogP contribution in [-0.4, -0.2) is 29.9 Å². The Morgan fingerprint density at radius 3 is 0.844 bits per heavy atom. The average molecular weight is 1230 g/mol. The van der Waals surface area contributed by atoms with Crippen molar-refractivity contribution in [3.05, 3.63) is 241 Å². The van der Waals surface area contributed by atoms with Gasteiger partial charge in [-0.25, -0.2) is 45.1 Å². The fraction of sp³-hybridized carbons (Fsp3) is 0. The summed E-state index contributed by atoms with van der Waals surface area (Å²) >= 11 is 1.06. The topological polar surface area (TPSA) is 123 Å². The van der Waals surface area contributed by atoms with Crippen LogP contribution in [-0.2, 0) is 21.0 Å². The summed E-state index contributed by atoms with van der Waals surface area (Å²) in [5.74, 6) is -6.90. The first-order chi connectivity index (χ1) is 43.8. The van der Waals surface area contributed by atoms with E-state index in [2.05, 4.69) is 0 Å². The number of rotatable bonds is 4. The van der Waals surface area contributed by atoms with E-state index in [4.69, 9.17) is 43.5 Å². The van der Waals surface area contributed by atoms with Crippen molar-refractivity contribution in [2.75, 3.05) is 0 Å². The van der Waals surface area contributed by atoms with Gasteiger partial charge in [-0.05, 0) is 171 Å². The summed E-state index contributed by atoms with van der Waals surface area (Å²) in [5, 5.41) is 6.00. The molecule has 3 aromatic heterocycles. The van der Waals surface area contributed by atoms with Crippen LogP contribution in [0.25, 0.3) is 177 Å². The predicted molar refractivity (Wildman–Crippen MR) is 326 cm³/mol. The average Bonchev–Trinajstić information content (AvgIpc) is 1.53. The normalized spacial score (nSPS) is 11.9. The zero-order valence-corrected chi connectivity index (χ0v) is 47.3. The van der Waals surface area contributed by atoms with Crippen LogP contribution in [0.5, 0.6) is 0 Å². The van der Waals surface area contributed by atoms with Gasteiger partial charge in [-0.1, -0.05) is 97.1 Å². The molecule has 5 heterocycles. The Labute approximate surface area is 511 Å². The maximum atomic E-state index is 15.7. The van der Waals surface area contributed by atoms with Crippen molar-refractivity contribution in [1.82, 2.24) is 39.9 Å². The van der Waals surface area contributed by atoms with Gasteiger partial charge < -0.3 is 29.9 Å². The van der Waals surface area contributed by atoms with Gasteiger partial charge in [0.15, 0.2) is 0 Å².